The van der Waals surface area contributed by atoms with Crippen LogP contribution in [0.25, 0.3) is 6.08 Å². The normalized spacial score (nSPS) is 10.9. The molecule has 0 aliphatic carbocycles. The molecule has 0 radical (unpaired) electrons. The van der Waals surface area contributed by atoms with E-state index in [1.807, 2.05) is 30.3 Å². The summed E-state index contributed by atoms with van der Waals surface area (Å²) in [6.45, 7) is -0.388. The van der Waals surface area contributed by atoms with E-state index in [9.17, 15) is 9.59 Å². The molecule has 1 amide bonds. The minimum atomic E-state index is -0.609. The number of ether oxygens (including phenoxy) is 2. The van der Waals surface area contributed by atoms with Crippen molar-refractivity contribution in [2.45, 2.75) is 0 Å². The lowest BCUT2D eigenvalue weighted by Gasteiger charge is -2.05. The van der Waals surface area contributed by atoms with Gasteiger partial charge >= 0.3 is 5.97 Å². The number of nitrogens with zero attached hydrogens (tertiary/aromatic N) is 2. The van der Waals surface area contributed by atoms with E-state index in [2.05, 4.69) is 15.5 Å². The van der Waals surface area contributed by atoms with Crippen LogP contribution in [0.5, 0.6) is 5.75 Å². The molecule has 7 nitrogen and oxygen atoms in total. The lowest BCUT2D eigenvalue weighted by Crippen LogP contribution is -2.20. The highest BCUT2D eigenvalue weighted by Crippen LogP contribution is 2.20. The highest BCUT2D eigenvalue weighted by atomic mass is 16.5. The van der Waals surface area contributed by atoms with Gasteiger partial charge in [0.15, 0.2) is 6.61 Å². The molecule has 0 aliphatic rings. The SMILES string of the molecule is COc1ccc(/C=C/C(=O)OCC(=O)Nc2ccc(N=Nc3ccccc3)cc2)cc1. The monoisotopic (exact) mass is 415 g/mol. The van der Waals surface area contributed by atoms with Crippen molar-refractivity contribution in [3.05, 3.63) is 90.5 Å². The topological polar surface area (TPSA) is 89.3 Å². The molecule has 0 fully saturated rings. The number of carbonyl (C=O) groups is 2. The Morgan fingerprint density at radius 1 is 0.871 bits per heavy atom. The maximum absolute atomic E-state index is 12.0. The first-order valence-electron chi connectivity index (χ1n) is 9.48. The van der Waals surface area contributed by atoms with E-state index in [0.717, 1.165) is 17.0 Å². The van der Waals surface area contributed by atoms with Gasteiger partial charge in [0, 0.05) is 11.8 Å². The summed E-state index contributed by atoms with van der Waals surface area (Å²) in [5, 5.41) is 10.9. The highest BCUT2D eigenvalue weighted by Gasteiger charge is 2.06. The first-order valence-corrected chi connectivity index (χ1v) is 9.48. The predicted octanol–water partition coefficient (Wildman–Crippen LogP) is 5.31. The Morgan fingerprint density at radius 2 is 1.52 bits per heavy atom. The number of anilines is 1. The fourth-order valence-electron chi connectivity index (χ4n) is 2.48. The van der Waals surface area contributed by atoms with E-state index >= 15 is 0 Å². The molecule has 0 aromatic heterocycles. The molecule has 0 saturated carbocycles. The lowest BCUT2D eigenvalue weighted by atomic mass is 10.2. The van der Waals surface area contributed by atoms with Gasteiger partial charge in [-0.1, -0.05) is 30.3 Å². The quantitative estimate of drug-likeness (QED) is 0.307. The molecule has 0 bridgehead atoms. The first kappa shape index (κ1) is 21.4. The molecular formula is C24H21N3O4. The van der Waals surface area contributed by atoms with E-state index in [1.54, 1.807) is 61.7 Å². The van der Waals surface area contributed by atoms with E-state index in [4.69, 9.17) is 9.47 Å². The van der Waals surface area contributed by atoms with E-state index < -0.39 is 11.9 Å². The molecule has 0 saturated heterocycles. The zero-order valence-corrected chi connectivity index (χ0v) is 16.9. The second kappa shape index (κ2) is 11.1. The smallest absolute Gasteiger partial charge is 0.331 e. The van der Waals surface area contributed by atoms with Crippen LogP contribution < -0.4 is 10.1 Å². The maximum atomic E-state index is 12.0. The van der Waals surface area contributed by atoms with Crippen LogP contribution in [0.4, 0.5) is 17.1 Å². The predicted molar refractivity (Wildman–Crippen MR) is 119 cm³/mol. The summed E-state index contributed by atoms with van der Waals surface area (Å²) in [4.78, 5) is 23.8. The molecule has 156 valence electrons. The Kier molecular flexibility index (Phi) is 7.65. The van der Waals surface area contributed by atoms with E-state index in [0.29, 0.717) is 11.4 Å². The molecule has 0 spiro atoms. The molecule has 7 heteroatoms. The van der Waals surface area contributed by atoms with Gasteiger partial charge in [-0.3, -0.25) is 4.79 Å². The number of azo groups is 1. The van der Waals surface area contributed by atoms with Crippen molar-refractivity contribution in [2.24, 2.45) is 10.2 Å². The van der Waals surface area contributed by atoms with Gasteiger partial charge in [-0.05, 0) is 60.2 Å². The summed E-state index contributed by atoms with van der Waals surface area (Å²) >= 11 is 0. The van der Waals surface area contributed by atoms with Crippen LogP contribution in [0.1, 0.15) is 5.56 Å². The van der Waals surface area contributed by atoms with Crippen LogP contribution in [0.15, 0.2) is 95.2 Å². The zero-order chi connectivity index (χ0) is 21.9. The average molecular weight is 415 g/mol. The van der Waals surface area contributed by atoms with Gasteiger partial charge in [-0.25, -0.2) is 4.79 Å². The largest absolute Gasteiger partial charge is 0.497 e. The minimum absolute atomic E-state index is 0.388. The number of rotatable bonds is 8. The third kappa shape index (κ3) is 7.25. The van der Waals surface area contributed by atoms with Crippen molar-refractivity contribution in [3.63, 3.8) is 0 Å². The number of esters is 1. The van der Waals surface area contributed by atoms with Crippen molar-refractivity contribution in [2.75, 3.05) is 19.0 Å². The van der Waals surface area contributed by atoms with Crippen molar-refractivity contribution >= 4 is 35.0 Å². The van der Waals surface area contributed by atoms with Crippen LogP contribution in [-0.4, -0.2) is 25.6 Å². The summed E-state index contributed by atoms with van der Waals surface area (Å²) in [6, 6.07) is 23.4. The Labute approximate surface area is 180 Å². The third-order valence-corrected chi connectivity index (χ3v) is 4.06. The fourth-order valence-corrected chi connectivity index (χ4v) is 2.48. The summed E-state index contributed by atoms with van der Waals surface area (Å²) in [5.41, 5.74) is 2.78. The van der Waals surface area contributed by atoms with Crippen LogP contribution in [0, 0.1) is 0 Å². The van der Waals surface area contributed by atoms with Crippen molar-refractivity contribution in [3.8, 4) is 5.75 Å². The molecule has 0 unspecified atom stereocenters. The maximum Gasteiger partial charge on any atom is 0.331 e. The van der Waals surface area contributed by atoms with Crippen molar-refractivity contribution in [1.82, 2.24) is 0 Å². The van der Waals surface area contributed by atoms with Crippen molar-refractivity contribution in [1.29, 1.82) is 0 Å². The molecule has 0 atom stereocenters. The molecule has 3 rings (SSSR count). The second-order valence-electron chi connectivity index (χ2n) is 6.34. The molecule has 3 aromatic carbocycles. The van der Waals surface area contributed by atoms with E-state index in [-0.39, 0.29) is 6.61 Å². The number of carbonyl (C=O) groups excluding carboxylic acids is 2. The number of hydrogen-bond acceptors (Lipinski definition) is 6. The summed E-state index contributed by atoms with van der Waals surface area (Å²) < 4.78 is 10.0. The summed E-state index contributed by atoms with van der Waals surface area (Å²) in [6.07, 6.45) is 2.87. The number of amides is 1. The van der Waals surface area contributed by atoms with Crippen LogP contribution in [0.3, 0.4) is 0 Å². The average Bonchev–Trinajstić information content (AvgIpc) is 2.82. The third-order valence-electron chi connectivity index (χ3n) is 4.06. The number of hydrogen-bond donors (Lipinski definition) is 1. The Balaban J connectivity index is 1.44. The number of methoxy groups -OCH3 is 1. The van der Waals surface area contributed by atoms with Crippen LogP contribution in [0.2, 0.25) is 0 Å². The van der Waals surface area contributed by atoms with Gasteiger partial charge in [0.1, 0.15) is 5.75 Å². The van der Waals surface area contributed by atoms with Gasteiger partial charge in [-0.15, -0.1) is 0 Å². The molecule has 31 heavy (non-hydrogen) atoms. The van der Waals surface area contributed by atoms with Gasteiger partial charge in [0.2, 0.25) is 0 Å². The minimum Gasteiger partial charge on any atom is -0.497 e. The Hall–Kier alpha value is -4.26. The van der Waals surface area contributed by atoms with Gasteiger partial charge in [0.25, 0.3) is 5.91 Å². The lowest BCUT2D eigenvalue weighted by molar-refractivity contribution is -0.142. The summed E-state index contributed by atoms with van der Waals surface area (Å²) in [7, 11) is 1.58. The summed E-state index contributed by atoms with van der Waals surface area (Å²) in [5.74, 6) is -0.323. The van der Waals surface area contributed by atoms with Crippen molar-refractivity contribution < 1.29 is 19.1 Å². The second-order valence-corrected chi connectivity index (χ2v) is 6.34. The first-order chi connectivity index (χ1) is 15.1. The van der Waals surface area contributed by atoms with Gasteiger partial charge in [0.05, 0.1) is 18.5 Å². The molecule has 1 N–H and O–H groups in total. The molecule has 0 aliphatic heterocycles. The Morgan fingerprint density at radius 3 is 2.16 bits per heavy atom. The molecular weight excluding hydrogens is 394 g/mol. The molecule has 0 heterocycles. The highest BCUT2D eigenvalue weighted by molar-refractivity contribution is 5.94. The Bertz CT molecular complexity index is 1060. The zero-order valence-electron chi connectivity index (χ0n) is 16.9. The van der Waals surface area contributed by atoms with Gasteiger partial charge in [-0.2, -0.15) is 10.2 Å². The van der Waals surface area contributed by atoms with E-state index in [1.165, 1.54) is 6.08 Å². The van der Waals surface area contributed by atoms with Crippen LogP contribution >= 0.6 is 0 Å². The number of nitrogens with one attached hydrogen (secondary N) is 1. The molecule has 3 aromatic rings. The van der Waals surface area contributed by atoms with Gasteiger partial charge < -0.3 is 14.8 Å². The fraction of sp³-hybridized carbons (Fsp3) is 0.0833. The van der Waals surface area contributed by atoms with Crippen LogP contribution in [-0.2, 0) is 14.3 Å². The number of benzene rings is 3. The standard InChI is InChI=1S/C24H21N3O4/c1-30-22-14-7-18(8-15-22)9-16-24(29)31-17-23(28)25-19-10-12-21(13-11-19)27-26-20-5-3-2-4-6-20/h2-16H,17H2,1H3,(H,25,28)/b16-9+,27-26?.